The van der Waals surface area contributed by atoms with E-state index in [1.807, 2.05) is 0 Å². The molecule has 0 bridgehead atoms. The van der Waals surface area contributed by atoms with E-state index in [1.54, 1.807) is 0 Å². The van der Waals surface area contributed by atoms with Gasteiger partial charge in [0.25, 0.3) is 11.6 Å². The fourth-order valence-corrected chi connectivity index (χ4v) is 4.28. The third-order valence-corrected chi connectivity index (χ3v) is 6.54. The van der Waals surface area contributed by atoms with E-state index in [-0.39, 0.29) is 0 Å². The molecule has 4 unspecified atom stereocenters. The van der Waals surface area contributed by atoms with Crippen LogP contribution >= 0.6 is 0 Å². The fraction of sp³-hybridized carbons (Fsp3) is 1.00. The van der Waals surface area contributed by atoms with Crippen LogP contribution in [0.25, 0.3) is 0 Å². The van der Waals surface area contributed by atoms with Gasteiger partial charge < -0.3 is 85.3 Å². The molecule has 17 nitrogen and oxygen atoms in total. The van der Waals surface area contributed by atoms with Crippen molar-refractivity contribution < 1.29 is 85.3 Å². The van der Waals surface area contributed by atoms with Crippen molar-refractivity contribution in [1.82, 2.24) is 0 Å². The largest absolute Gasteiger partial charge is 0.394 e. The zero-order valence-corrected chi connectivity index (χ0v) is 18.1. The molecule has 0 saturated carbocycles. The Bertz CT molecular complexity index is 711. The Morgan fingerprint density at radius 2 is 0.971 bits per heavy atom. The van der Waals surface area contributed by atoms with E-state index in [0.717, 1.165) is 0 Å². The number of aliphatic hydroxyl groups is 13. The molecule has 0 aliphatic carbocycles. The van der Waals surface area contributed by atoms with E-state index in [4.69, 9.17) is 18.9 Å². The Balaban J connectivity index is 1.82. The standard InChI is InChI=1S/C18H32O17/c19-1-4-7(21)10(24)13(27)16(33-4)32-3-6-9(23)12(26)15(29)18(31,35-6)17(30)14(28)11(25)8(22)5(2-20)34-17/h4-16,19-31H,1-3H2/t4?,5-,6-,7?,8-,9-,10+,11+,12+,13?,14-,15-,16+,17?,18+/m1/s1. The van der Waals surface area contributed by atoms with Crippen molar-refractivity contribution in [3.05, 3.63) is 0 Å². The van der Waals surface area contributed by atoms with E-state index in [1.165, 1.54) is 0 Å². The second-order valence-corrected chi connectivity index (χ2v) is 8.77. The van der Waals surface area contributed by atoms with Crippen LogP contribution in [0.1, 0.15) is 0 Å². The molecule has 15 atom stereocenters. The van der Waals surface area contributed by atoms with Gasteiger partial charge in [0, 0.05) is 0 Å². The molecule has 0 aromatic rings. The maximum atomic E-state index is 11.0. The number of ether oxygens (including phenoxy) is 4. The molecular weight excluding hydrogens is 488 g/mol. The minimum Gasteiger partial charge on any atom is -0.394 e. The summed E-state index contributed by atoms with van der Waals surface area (Å²) in [6.45, 7) is -2.70. The topological polar surface area (TPSA) is 300 Å². The van der Waals surface area contributed by atoms with Gasteiger partial charge in [-0.25, -0.2) is 0 Å². The van der Waals surface area contributed by atoms with Crippen LogP contribution < -0.4 is 0 Å². The van der Waals surface area contributed by atoms with Crippen LogP contribution in [0, 0.1) is 0 Å². The summed E-state index contributed by atoms with van der Waals surface area (Å²) < 4.78 is 20.4. The lowest BCUT2D eigenvalue weighted by molar-refractivity contribution is -0.491. The Labute approximate surface area is 197 Å². The highest BCUT2D eigenvalue weighted by Gasteiger charge is 2.71. The molecule has 0 aromatic carbocycles. The number of aliphatic hydroxyl groups excluding tert-OH is 11. The van der Waals surface area contributed by atoms with Gasteiger partial charge in [0.05, 0.1) is 19.8 Å². The monoisotopic (exact) mass is 520 g/mol. The van der Waals surface area contributed by atoms with Crippen LogP contribution in [0.3, 0.4) is 0 Å². The number of rotatable bonds is 6. The fourth-order valence-electron chi connectivity index (χ4n) is 4.28. The molecule has 206 valence electrons. The maximum Gasteiger partial charge on any atom is 0.254 e. The highest BCUT2D eigenvalue weighted by atomic mass is 16.8. The normalized spacial score (nSPS) is 55.6. The summed E-state index contributed by atoms with van der Waals surface area (Å²) in [4.78, 5) is 0. The first-order valence-corrected chi connectivity index (χ1v) is 10.7. The molecule has 3 rings (SSSR count). The summed E-state index contributed by atoms with van der Waals surface area (Å²) in [7, 11) is 0. The lowest BCUT2D eigenvalue weighted by Crippen LogP contribution is -2.81. The van der Waals surface area contributed by atoms with Crippen LogP contribution in [0.2, 0.25) is 0 Å². The van der Waals surface area contributed by atoms with E-state index in [0.29, 0.717) is 0 Å². The number of hydrogen-bond acceptors (Lipinski definition) is 17. The van der Waals surface area contributed by atoms with Crippen LogP contribution in [0.4, 0.5) is 0 Å². The van der Waals surface area contributed by atoms with Crippen LogP contribution in [-0.2, 0) is 18.9 Å². The van der Waals surface area contributed by atoms with Crippen molar-refractivity contribution in [3.63, 3.8) is 0 Å². The summed E-state index contributed by atoms with van der Waals surface area (Å²) in [6.07, 6.45) is -25.8. The van der Waals surface area contributed by atoms with Gasteiger partial charge in [0.2, 0.25) is 0 Å². The van der Waals surface area contributed by atoms with Gasteiger partial charge in [-0.3, -0.25) is 0 Å². The second-order valence-electron chi connectivity index (χ2n) is 8.77. The third kappa shape index (κ3) is 4.71. The zero-order chi connectivity index (χ0) is 26.5. The zero-order valence-electron chi connectivity index (χ0n) is 18.1. The predicted molar refractivity (Wildman–Crippen MR) is 102 cm³/mol. The molecular formula is C18H32O17. The summed E-state index contributed by atoms with van der Waals surface area (Å²) in [6, 6.07) is 0. The molecule has 3 saturated heterocycles. The molecule has 13 N–H and O–H groups in total. The van der Waals surface area contributed by atoms with Crippen molar-refractivity contribution in [3.8, 4) is 0 Å². The van der Waals surface area contributed by atoms with Crippen LogP contribution in [0.5, 0.6) is 0 Å². The molecule has 3 fully saturated rings. The molecule has 3 aliphatic rings. The summed E-state index contributed by atoms with van der Waals surface area (Å²) in [5.41, 5.74) is 0. The Morgan fingerprint density at radius 1 is 0.543 bits per heavy atom. The highest BCUT2D eigenvalue weighted by Crippen LogP contribution is 2.43. The summed E-state index contributed by atoms with van der Waals surface area (Å²) in [5.74, 6) is -7.00. The van der Waals surface area contributed by atoms with E-state index < -0.39 is 111 Å². The molecule has 0 spiro atoms. The van der Waals surface area contributed by atoms with Gasteiger partial charge in [-0.2, -0.15) is 0 Å². The van der Waals surface area contributed by atoms with Gasteiger partial charge in [0.1, 0.15) is 73.2 Å². The lowest BCUT2D eigenvalue weighted by Gasteiger charge is -2.56. The smallest absolute Gasteiger partial charge is 0.254 e. The maximum absolute atomic E-state index is 11.0. The lowest BCUT2D eigenvalue weighted by atomic mass is 9.80. The molecule has 17 heteroatoms. The van der Waals surface area contributed by atoms with Gasteiger partial charge in [-0.15, -0.1) is 0 Å². The second kappa shape index (κ2) is 10.6. The first-order chi connectivity index (χ1) is 16.2. The van der Waals surface area contributed by atoms with Gasteiger partial charge in [-0.1, -0.05) is 0 Å². The highest BCUT2D eigenvalue weighted by molar-refractivity contribution is 5.10. The van der Waals surface area contributed by atoms with E-state index in [2.05, 4.69) is 0 Å². The van der Waals surface area contributed by atoms with Crippen molar-refractivity contribution in [1.29, 1.82) is 0 Å². The number of hydrogen-bond donors (Lipinski definition) is 13. The van der Waals surface area contributed by atoms with Crippen LogP contribution in [0.15, 0.2) is 0 Å². The Hall–Kier alpha value is -0.680. The molecule has 0 radical (unpaired) electrons. The summed E-state index contributed by atoms with van der Waals surface area (Å²) in [5, 5.41) is 131. The van der Waals surface area contributed by atoms with Crippen molar-refractivity contribution in [2.75, 3.05) is 19.8 Å². The Kier molecular flexibility index (Phi) is 8.74. The first kappa shape index (κ1) is 28.9. The molecule has 3 heterocycles. The molecule has 0 amide bonds. The average Bonchev–Trinajstić information content (AvgIpc) is 2.84. The van der Waals surface area contributed by atoms with E-state index >= 15 is 0 Å². The quantitative estimate of drug-likeness (QED) is 0.155. The molecule has 0 aromatic heterocycles. The Morgan fingerprint density at radius 3 is 1.46 bits per heavy atom. The minimum absolute atomic E-state index is 0.777. The third-order valence-electron chi connectivity index (χ3n) is 6.54. The van der Waals surface area contributed by atoms with Gasteiger partial charge in [0.15, 0.2) is 6.29 Å². The summed E-state index contributed by atoms with van der Waals surface area (Å²) >= 11 is 0. The van der Waals surface area contributed by atoms with Crippen LogP contribution in [-0.4, -0.2) is 177 Å². The average molecular weight is 520 g/mol. The first-order valence-electron chi connectivity index (χ1n) is 10.7. The SMILES string of the molecule is OCC1O[C@H](OC[C@H]2O[C@](O)(C3(O)O[C@H](CO)[C@@H](O)[C@H](O)[C@H]3O)[C@H](O)[C@@H](O)[C@@H]2O)C(O)[C@@H](O)C1O. The molecule has 35 heavy (non-hydrogen) atoms. The predicted octanol–water partition coefficient (Wildman–Crippen LogP) is -8.86. The van der Waals surface area contributed by atoms with Crippen molar-refractivity contribution in [2.24, 2.45) is 0 Å². The minimum atomic E-state index is -3.51. The van der Waals surface area contributed by atoms with Gasteiger partial charge >= 0.3 is 0 Å². The molecule has 3 aliphatic heterocycles. The van der Waals surface area contributed by atoms with E-state index in [9.17, 15) is 66.4 Å². The van der Waals surface area contributed by atoms with Crippen molar-refractivity contribution in [2.45, 2.75) is 91.1 Å². The van der Waals surface area contributed by atoms with Crippen molar-refractivity contribution >= 4 is 0 Å². The van der Waals surface area contributed by atoms with Gasteiger partial charge in [-0.05, 0) is 0 Å².